The molecule has 0 unspecified atom stereocenters. The molecule has 7 nitrogen and oxygen atoms in total. The largest absolute Gasteiger partial charge is 0.294 e. The maximum atomic E-state index is 14.7. The summed E-state index contributed by atoms with van der Waals surface area (Å²) in [6.45, 7) is 0. The lowest BCUT2D eigenvalue weighted by molar-refractivity contribution is 0.0990. The summed E-state index contributed by atoms with van der Waals surface area (Å²) >= 11 is 12.6. The summed E-state index contributed by atoms with van der Waals surface area (Å²) in [7, 11) is -2.51. The van der Waals surface area contributed by atoms with Crippen LogP contribution in [0.4, 0.5) is 9.52 Å². The molecular weight excluding hydrogens is 522 g/mol. The quantitative estimate of drug-likeness (QED) is 0.313. The minimum Gasteiger partial charge on any atom is -0.294 e. The van der Waals surface area contributed by atoms with Gasteiger partial charge in [-0.25, -0.2) is 17.8 Å². The van der Waals surface area contributed by atoms with E-state index in [1.54, 1.807) is 23.9 Å². The van der Waals surface area contributed by atoms with Crippen molar-refractivity contribution in [1.82, 2.24) is 14.8 Å². The topological polar surface area (TPSA) is 94.0 Å². The van der Waals surface area contributed by atoms with E-state index in [4.69, 9.17) is 23.2 Å². The second kappa shape index (κ2) is 9.83. The Bertz CT molecular complexity index is 1470. The van der Waals surface area contributed by atoms with Gasteiger partial charge in [0, 0.05) is 29.7 Å². The fourth-order valence-electron chi connectivity index (χ4n) is 3.27. The molecular formula is C22H17Cl2FN4O3S2. The summed E-state index contributed by atoms with van der Waals surface area (Å²) < 4.78 is 43.7. The smallest absolute Gasteiger partial charge is 0.266 e. The Kier molecular flexibility index (Phi) is 7.04. The molecule has 0 spiro atoms. The fourth-order valence-corrected chi connectivity index (χ4v) is 5.51. The predicted molar refractivity (Wildman–Crippen MR) is 130 cm³/mol. The highest BCUT2D eigenvalue weighted by Gasteiger charge is 2.22. The van der Waals surface area contributed by atoms with Gasteiger partial charge in [0.2, 0.25) is 0 Å². The van der Waals surface area contributed by atoms with Gasteiger partial charge in [-0.2, -0.15) is 5.10 Å². The highest BCUT2D eigenvalue weighted by Crippen LogP contribution is 2.26. The van der Waals surface area contributed by atoms with Crippen molar-refractivity contribution in [3.63, 3.8) is 0 Å². The van der Waals surface area contributed by atoms with Crippen LogP contribution in [0.1, 0.15) is 27.3 Å². The monoisotopic (exact) mass is 538 g/mol. The number of nitrogens with zero attached hydrogens (tertiary/aromatic N) is 3. The van der Waals surface area contributed by atoms with Crippen molar-refractivity contribution in [2.75, 3.05) is 4.72 Å². The van der Waals surface area contributed by atoms with Crippen LogP contribution in [-0.2, 0) is 29.9 Å². The van der Waals surface area contributed by atoms with E-state index >= 15 is 0 Å². The van der Waals surface area contributed by atoms with Gasteiger partial charge in [-0.15, -0.1) is 0 Å². The second-order valence-corrected chi connectivity index (χ2v) is 11.1. The highest BCUT2D eigenvalue weighted by atomic mass is 35.5. The van der Waals surface area contributed by atoms with Crippen LogP contribution >= 0.6 is 34.5 Å². The van der Waals surface area contributed by atoms with E-state index in [-0.39, 0.29) is 27.2 Å². The summed E-state index contributed by atoms with van der Waals surface area (Å²) in [5.74, 6) is -1.42. The van der Waals surface area contributed by atoms with E-state index in [9.17, 15) is 17.6 Å². The minimum absolute atomic E-state index is 0.00941. The van der Waals surface area contributed by atoms with Crippen molar-refractivity contribution in [3.8, 4) is 0 Å². The SMILES string of the molecule is Cn1nc(Cc2ccc(Cl)cc2)cc1CC(=O)c1ccc(S(=O)(=O)Nc2ncc(Cl)s2)c(F)c1. The number of carbonyl (C=O) groups is 1. The van der Waals surface area contributed by atoms with Gasteiger partial charge in [-0.3, -0.25) is 14.2 Å². The van der Waals surface area contributed by atoms with E-state index in [0.29, 0.717) is 17.1 Å². The molecule has 176 valence electrons. The summed E-state index contributed by atoms with van der Waals surface area (Å²) in [6.07, 6.45) is 1.82. The lowest BCUT2D eigenvalue weighted by atomic mass is 10.1. The zero-order valence-electron chi connectivity index (χ0n) is 17.6. The molecule has 1 N–H and O–H groups in total. The number of hydrogen-bond acceptors (Lipinski definition) is 6. The predicted octanol–water partition coefficient (Wildman–Crippen LogP) is 5.14. The molecule has 0 saturated heterocycles. The molecule has 0 fully saturated rings. The van der Waals surface area contributed by atoms with Crippen LogP contribution in [0.3, 0.4) is 0 Å². The zero-order chi connectivity index (χ0) is 24.5. The average molecular weight is 539 g/mol. The Morgan fingerprint density at radius 1 is 1.15 bits per heavy atom. The molecule has 0 saturated carbocycles. The number of thiazole rings is 1. The molecule has 2 aromatic heterocycles. The third-order valence-electron chi connectivity index (χ3n) is 4.91. The number of halogens is 3. The van der Waals surface area contributed by atoms with Gasteiger partial charge in [0.25, 0.3) is 10.0 Å². The van der Waals surface area contributed by atoms with Crippen LogP contribution in [0.25, 0.3) is 0 Å². The molecule has 0 aliphatic heterocycles. The first kappa shape index (κ1) is 24.3. The molecule has 0 aliphatic rings. The Balaban J connectivity index is 1.48. The Morgan fingerprint density at radius 3 is 2.53 bits per heavy atom. The molecule has 4 rings (SSSR count). The van der Waals surface area contributed by atoms with E-state index < -0.39 is 20.7 Å². The van der Waals surface area contributed by atoms with Crippen molar-refractivity contribution < 1.29 is 17.6 Å². The van der Waals surface area contributed by atoms with E-state index in [2.05, 4.69) is 14.8 Å². The first-order valence-electron chi connectivity index (χ1n) is 9.84. The van der Waals surface area contributed by atoms with Crippen LogP contribution in [0.5, 0.6) is 0 Å². The van der Waals surface area contributed by atoms with Crippen LogP contribution < -0.4 is 4.72 Å². The van der Waals surface area contributed by atoms with Crippen LogP contribution in [0.15, 0.2) is 59.6 Å². The number of nitrogens with one attached hydrogen (secondary N) is 1. The van der Waals surface area contributed by atoms with E-state index in [1.165, 1.54) is 12.3 Å². The van der Waals surface area contributed by atoms with Crippen LogP contribution in [-0.4, -0.2) is 29.0 Å². The van der Waals surface area contributed by atoms with Gasteiger partial charge in [0.1, 0.15) is 15.0 Å². The molecule has 0 bridgehead atoms. The lowest BCUT2D eigenvalue weighted by Gasteiger charge is -2.08. The molecule has 12 heteroatoms. The first-order chi connectivity index (χ1) is 16.1. The maximum absolute atomic E-state index is 14.7. The normalized spacial score (nSPS) is 11.5. The number of rotatable bonds is 8. The van der Waals surface area contributed by atoms with Gasteiger partial charge in [-0.05, 0) is 42.0 Å². The number of hydrogen-bond donors (Lipinski definition) is 1. The van der Waals surface area contributed by atoms with Gasteiger partial charge < -0.3 is 0 Å². The Labute approximate surface area is 209 Å². The summed E-state index contributed by atoms with van der Waals surface area (Å²) in [5.41, 5.74) is 2.49. The molecule has 4 aromatic rings. The number of Topliss-reactive ketones (excluding diaryl/α,β-unsaturated/α-hetero) is 1. The minimum atomic E-state index is -4.24. The number of aryl methyl sites for hydroxylation is 1. The van der Waals surface area contributed by atoms with Gasteiger partial charge in [-0.1, -0.05) is 46.7 Å². The maximum Gasteiger partial charge on any atom is 0.266 e. The standard InChI is InChI=1S/C22H17Cl2FN4O3S2/c1-29-17(10-16(27-29)8-13-2-5-15(23)6-3-13)11-19(30)14-4-7-20(18(25)9-14)34(31,32)28-22-26-12-21(24)33-22/h2-7,9-10,12H,8,11H2,1H3,(H,26,28). The van der Waals surface area contributed by atoms with Gasteiger partial charge in [0.15, 0.2) is 10.9 Å². The molecule has 0 atom stereocenters. The number of sulfonamides is 1. The molecule has 0 radical (unpaired) electrons. The Hall–Kier alpha value is -2.79. The van der Waals surface area contributed by atoms with Crippen LogP contribution in [0.2, 0.25) is 9.36 Å². The molecule has 0 amide bonds. The molecule has 2 heterocycles. The third kappa shape index (κ3) is 5.64. The summed E-state index contributed by atoms with van der Waals surface area (Å²) in [5, 5.41) is 5.09. The molecule has 2 aromatic carbocycles. The Morgan fingerprint density at radius 2 is 1.88 bits per heavy atom. The molecule has 34 heavy (non-hydrogen) atoms. The number of carbonyl (C=O) groups excluding carboxylic acids is 1. The average Bonchev–Trinajstić information content (AvgIpc) is 3.33. The summed E-state index contributed by atoms with van der Waals surface area (Å²) in [4.78, 5) is 16.0. The van der Waals surface area contributed by atoms with Gasteiger partial charge in [0.05, 0.1) is 18.3 Å². The van der Waals surface area contributed by atoms with Crippen molar-refractivity contribution in [2.45, 2.75) is 17.7 Å². The highest BCUT2D eigenvalue weighted by molar-refractivity contribution is 7.93. The van der Waals surface area contributed by atoms with Crippen molar-refractivity contribution >= 4 is 55.5 Å². The fraction of sp³-hybridized carbons (Fsp3) is 0.136. The van der Waals surface area contributed by atoms with Crippen molar-refractivity contribution in [1.29, 1.82) is 0 Å². The van der Waals surface area contributed by atoms with E-state index in [0.717, 1.165) is 34.7 Å². The van der Waals surface area contributed by atoms with Crippen LogP contribution in [0, 0.1) is 5.82 Å². The second-order valence-electron chi connectivity index (χ2n) is 7.37. The number of anilines is 1. The lowest BCUT2D eigenvalue weighted by Crippen LogP contribution is -2.15. The third-order valence-corrected chi connectivity index (χ3v) is 7.69. The number of ketones is 1. The number of aromatic nitrogens is 3. The first-order valence-corrected chi connectivity index (χ1v) is 12.9. The van der Waals surface area contributed by atoms with Crippen molar-refractivity contribution in [3.05, 3.63) is 92.4 Å². The van der Waals surface area contributed by atoms with Gasteiger partial charge >= 0.3 is 0 Å². The summed E-state index contributed by atoms with van der Waals surface area (Å²) in [6, 6.07) is 12.4. The van der Waals surface area contributed by atoms with E-state index in [1.807, 2.05) is 18.2 Å². The zero-order valence-corrected chi connectivity index (χ0v) is 20.8. The molecule has 0 aliphatic carbocycles. The van der Waals surface area contributed by atoms with Crippen molar-refractivity contribution in [2.24, 2.45) is 7.05 Å². The number of benzene rings is 2.